The summed E-state index contributed by atoms with van der Waals surface area (Å²) in [5.41, 5.74) is 0. The van der Waals surface area contributed by atoms with Crippen LogP contribution in [0.4, 0.5) is 11.8 Å². The van der Waals surface area contributed by atoms with E-state index in [2.05, 4.69) is 27.1 Å². The molecule has 1 aliphatic carbocycles. The number of rotatable bonds is 4. The summed E-state index contributed by atoms with van der Waals surface area (Å²) in [5.74, 6) is 2.75. The van der Waals surface area contributed by atoms with Crippen LogP contribution < -0.4 is 15.1 Å². The molecule has 3 aliphatic rings. The highest BCUT2D eigenvalue weighted by atomic mass is 32.2. The molecule has 1 N–H and O–H groups in total. The van der Waals surface area contributed by atoms with Gasteiger partial charge in [-0.3, -0.25) is 0 Å². The molecular weight excluding hydrogens is 350 g/mol. The van der Waals surface area contributed by atoms with E-state index in [9.17, 15) is 8.42 Å². The molecule has 144 valence electrons. The summed E-state index contributed by atoms with van der Waals surface area (Å²) in [6, 6.07) is 1.89. The van der Waals surface area contributed by atoms with E-state index in [1.165, 1.54) is 32.1 Å². The first kappa shape index (κ1) is 18.0. The van der Waals surface area contributed by atoms with Gasteiger partial charge in [-0.25, -0.2) is 13.4 Å². The fourth-order valence-corrected chi connectivity index (χ4v) is 6.63. The number of nitrogens with zero attached hydrogens (tertiary/aromatic N) is 4. The van der Waals surface area contributed by atoms with Crippen LogP contribution in [-0.4, -0.2) is 68.7 Å². The molecule has 7 nitrogen and oxygen atoms in total. The first-order chi connectivity index (χ1) is 12.5. The van der Waals surface area contributed by atoms with Crippen LogP contribution in [-0.2, 0) is 9.84 Å². The van der Waals surface area contributed by atoms with E-state index in [0.29, 0.717) is 0 Å². The molecule has 3 heterocycles. The number of fused-ring (bicyclic) bond motifs is 1. The Morgan fingerprint density at radius 2 is 2.08 bits per heavy atom. The Kier molecular flexibility index (Phi) is 5.05. The minimum absolute atomic E-state index is 0.00661. The van der Waals surface area contributed by atoms with E-state index < -0.39 is 9.84 Å². The molecule has 3 fully saturated rings. The van der Waals surface area contributed by atoms with Crippen molar-refractivity contribution in [2.45, 2.75) is 44.2 Å². The van der Waals surface area contributed by atoms with Gasteiger partial charge in [0.25, 0.3) is 0 Å². The average molecular weight is 380 g/mol. The zero-order valence-electron chi connectivity index (χ0n) is 15.5. The predicted molar refractivity (Wildman–Crippen MR) is 103 cm³/mol. The van der Waals surface area contributed by atoms with Crippen molar-refractivity contribution in [3.8, 4) is 0 Å². The quantitative estimate of drug-likeness (QED) is 0.838. The predicted octanol–water partition coefficient (Wildman–Crippen LogP) is 1.07. The fourth-order valence-electron chi connectivity index (χ4n) is 4.67. The molecule has 0 spiro atoms. The van der Waals surface area contributed by atoms with E-state index in [4.69, 9.17) is 4.98 Å². The molecule has 1 saturated carbocycles. The third-order valence-corrected chi connectivity index (χ3v) is 7.72. The van der Waals surface area contributed by atoms with Gasteiger partial charge in [-0.1, -0.05) is 19.3 Å². The molecular formula is C18H29N5O2S. The van der Waals surface area contributed by atoms with E-state index in [1.807, 2.05) is 6.07 Å². The average Bonchev–Trinajstić information content (AvgIpc) is 2.96. The van der Waals surface area contributed by atoms with Crippen molar-refractivity contribution >= 4 is 21.6 Å². The van der Waals surface area contributed by atoms with Crippen molar-refractivity contribution in [1.29, 1.82) is 0 Å². The summed E-state index contributed by atoms with van der Waals surface area (Å²) in [6.45, 7) is 2.55. The summed E-state index contributed by atoms with van der Waals surface area (Å²) in [7, 11) is -0.910. The Morgan fingerprint density at radius 3 is 2.88 bits per heavy atom. The van der Waals surface area contributed by atoms with Crippen molar-refractivity contribution in [3.05, 3.63) is 12.3 Å². The zero-order chi connectivity index (χ0) is 18.1. The van der Waals surface area contributed by atoms with Crippen LogP contribution in [0.5, 0.6) is 0 Å². The second-order valence-electron chi connectivity index (χ2n) is 8.00. The fraction of sp³-hybridized carbons (Fsp3) is 0.778. The van der Waals surface area contributed by atoms with Crippen LogP contribution >= 0.6 is 0 Å². The number of nitrogens with one attached hydrogen (secondary N) is 1. The molecule has 2 atom stereocenters. The zero-order valence-corrected chi connectivity index (χ0v) is 16.3. The minimum atomic E-state index is -2.97. The van der Waals surface area contributed by atoms with Crippen LogP contribution in [0.3, 0.4) is 0 Å². The van der Waals surface area contributed by atoms with Gasteiger partial charge < -0.3 is 15.1 Å². The molecule has 2 aliphatic heterocycles. The Balaban J connectivity index is 1.50. The maximum Gasteiger partial charge on any atom is 0.227 e. The monoisotopic (exact) mass is 379 g/mol. The van der Waals surface area contributed by atoms with Crippen molar-refractivity contribution < 1.29 is 8.42 Å². The van der Waals surface area contributed by atoms with Crippen LogP contribution in [0.1, 0.15) is 32.1 Å². The summed E-state index contributed by atoms with van der Waals surface area (Å²) in [6.07, 6.45) is 8.42. The lowest BCUT2D eigenvalue weighted by Crippen LogP contribution is -2.57. The second kappa shape index (κ2) is 7.31. The smallest absolute Gasteiger partial charge is 0.227 e. The van der Waals surface area contributed by atoms with E-state index in [0.717, 1.165) is 37.3 Å². The Hall–Kier alpha value is -1.41. The molecule has 2 saturated heterocycles. The molecule has 0 bridgehead atoms. The van der Waals surface area contributed by atoms with E-state index in [-0.39, 0.29) is 23.6 Å². The first-order valence-electron chi connectivity index (χ1n) is 9.76. The van der Waals surface area contributed by atoms with Gasteiger partial charge in [-0.15, -0.1) is 0 Å². The molecule has 0 amide bonds. The number of hydrogen-bond acceptors (Lipinski definition) is 7. The van der Waals surface area contributed by atoms with Gasteiger partial charge in [0, 0.05) is 38.9 Å². The molecule has 0 aromatic carbocycles. The third-order valence-electron chi connectivity index (χ3n) is 6.00. The van der Waals surface area contributed by atoms with Gasteiger partial charge in [0.05, 0.1) is 17.5 Å². The maximum atomic E-state index is 12.1. The maximum absolute atomic E-state index is 12.1. The number of anilines is 2. The summed E-state index contributed by atoms with van der Waals surface area (Å²) >= 11 is 0. The number of aromatic nitrogens is 2. The van der Waals surface area contributed by atoms with Gasteiger partial charge in [0.2, 0.25) is 5.95 Å². The SMILES string of the molecule is CN(CC1CCCCC1)c1nccc(N2CCN[C@@H]3CS(=O)(=O)C[C@@H]32)n1. The van der Waals surface area contributed by atoms with Crippen LogP contribution in [0.2, 0.25) is 0 Å². The topological polar surface area (TPSA) is 78.4 Å². The van der Waals surface area contributed by atoms with Gasteiger partial charge in [-0.05, 0) is 24.8 Å². The Bertz CT molecular complexity index is 735. The van der Waals surface area contributed by atoms with Gasteiger partial charge >= 0.3 is 0 Å². The largest absolute Gasteiger partial charge is 0.350 e. The standard InChI is InChI=1S/C18H29N5O2S/c1-22(11-14-5-3-2-4-6-14)18-20-8-7-17(21-18)23-10-9-19-15-12-26(24,25)13-16(15)23/h7-8,14-16,19H,2-6,9-13H2,1H3/t15-,16+/m1/s1. The Labute approximate surface area is 156 Å². The summed E-state index contributed by atoms with van der Waals surface area (Å²) in [5, 5.41) is 3.35. The van der Waals surface area contributed by atoms with Gasteiger partial charge in [0.1, 0.15) is 5.82 Å². The van der Waals surface area contributed by atoms with Crippen LogP contribution in [0.15, 0.2) is 12.3 Å². The van der Waals surface area contributed by atoms with E-state index in [1.54, 1.807) is 6.20 Å². The number of piperazine rings is 1. The second-order valence-corrected chi connectivity index (χ2v) is 10.2. The number of sulfone groups is 1. The third kappa shape index (κ3) is 3.81. The Morgan fingerprint density at radius 1 is 1.27 bits per heavy atom. The van der Waals surface area contributed by atoms with Crippen LogP contribution in [0, 0.1) is 5.92 Å². The van der Waals surface area contributed by atoms with Crippen molar-refractivity contribution in [2.24, 2.45) is 5.92 Å². The van der Waals surface area contributed by atoms with Crippen molar-refractivity contribution in [1.82, 2.24) is 15.3 Å². The molecule has 26 heavy (non-hydrogen) atoms. The molecule has 8 heteroatoms. The van der Waals surface area contributed by atoms with Crippen molar-refractivity contribution in [3.63, 3.8) is 0 Å². The lowest BCUT2D eigenvalue weighted by Gasteiger charge is -2.38. The minimum Gasteiger partial charge on any atom is -0.350 e. The molecule has 0 unspecified atom stereocenters. The van der Waals surface area contributed by atoms with E-state index >= 15 is 0 Å². The summed E-state index contributed by atoms with van der Waals surface area (Å²) in [4.78, 5) is 13.6. The lowest BCUT2D eigenvalue weighted by molar-refractivity contribution is 0.361. The first-order valence-corrected chi connectivity index (χ1v) is 11.6. The highest BCUT2D eigenvalue weighted by Crippen LogP contribution is 2.28. The lowest BCUT2D eigenvalue weighted by atomic mass is 9.89. The summed E-state index contributed by atoms with van der Waals surface area (Å²) < 4.78 is 24.1. The van der Waals surface area contributed by atoms with Gasteiger partial charge in [0.15, 0.2) is 9.84 Å². The molecule has 0 radical (unpaired) electrons. The van der Waals surface area contributed by atoms with Gasteiger partial charge in [-0.2, -0.15) is 4.98 Å². The highest BCUT2D eigenvalue weighted by molar-refractivity contribution is 7.91. The highest BCUT2D eigenvalue weighted by Gasteiger charge is 2.43. The number of hydrogen-bond donors (Lipinski definition) is 1. The molecule has 4 rings (SSSR count). The normalized spacial score (nSPS) is 28.7. The van der Waals surface area contributed by atoms with Crippen LogP contribution in [0.25, 0.3) is 0 Å². The molecule has 1 aromatic rings. The molecule has 1 aromatic heterocycles. The van der Waals surface area contributed by atoms with Crippen molar-refractivity contribution in [2.75, 3.05) is 48.0 Å².